The van der Waals surface area contributed by atoms with Crippen LogP contribution in [-0.2, 0) is 14.3 Å². The summed E-state index contributed by atoms with van der Waals surface area (Å²) in [6.45, 7) is 3.92. The number of non-ortho nitro benzene ring substituents is 1. The van der Waals surface area contributed by atoms with Gasteiger partial charge in [-0.1, -0.05) is 31.2 Å². The third kappa shape index (κ3) is 4.82. The minimum Gasteiger partial charge on any atom is -0.497 e. The number of carbonyl (C=O) groups excluding carboxylic acids is 2. The molecule has 1 aliphatic heterocycles. The normalized spacial score (nSPS) is 19.7. The second kappa shape index (κ2) is 10.1. The van der Waals surface area contributed by atoms with Gasteiger partial charge >= 0.3 is 5.97 Å². The Hall–Kier alpha value is -3.94. The highest BCUT2D eigenvalue weighted by atomic mass is 16.6. The zero-order valence-corrected chi connectivity index (χ0v) is 20.0. The van der Waals surface area contributed by atoms with Gasteiger partial charge in [0, 0.05) is 41.4 Å². The van der Waals surface area contributed by atoms with Crippen molar-refractivity contribution in [1.29, 1.82) is 0 Å². The number of ether oxygens (including phenoxy) is 2. The first-order valence-corrected chi connectivity index (χ1v) is 11.6. The van der Waals surface area contributed by atoms with Crippen LogP contribution in [0.3, 0.4) is 0 Å². The Morgan fingerprint density at radius 2 is 1.89 bits per heavy atom. The van der Waals surface area contributed by atoms with E-state index >= 15 is 0 Å². The number of benzene rings is 2. The van der Waals surface area contributed by atoms with Gasteiger partial charge in [-0.15, -0.1) is 0 Å². The van der Waals surface area contributed by atoms with E-state index in [1.54, 1.807) is 26.2 Å². The van der Waals surface area contributed by atoms with Crippen LogP contribution in [0.4, 0.5) is 5.69 Å². The highest BCUT2D eigenvalue weighted by Gasteiger charge is 2.41. The lowest BCUT2D eigenvalue weighted by atomic mass is 9.71. The van der Waals surface area contributed by atoms with Crippen molar-refractivity contribution in [1.82, 2.24) is 5.32 Å². The first kappa shape index (κ1) is 24.2. The Balaban J connectivity index is 1.78. The standard InChI is InChI=1S/C27H28N2O6/c1-4-12-35-27(31)24-16(2)28-22-14-19(17-8-10-21(34-3)11-9-17)15-23(30)26(22)25(24)18-6-5-7-20(13-18)29(32)33/h5-11,13,19,25,28H,4,12,14-15H2,1-3H3. The molecule has 2 atom stereocenters. The number of Topliss-reactive ketones (excluding diaryl/α,β-unsaturated/α-hetero) is 1. The quantitative estimate of drug-likeness (QED) is 0.343. The molecule has 2 unspecified atom stereocenters. The zero-order chi connectivity index (χ0) is 25.1. The minimum absolute atomic E-state index is 0.0354. The summed E-state index contributed by atoms with van der Waals surface area (Å²) < 4.78 is 10.7. The highest BCUT2D eigenvalue weighted by Crippen LogP contribution is 2.46. The zero-order valence-electron chi connectivity index (χ0n) is 20.0. The van der Waals surface area contributed by atoms with E-state index < -0.39 is 16.8 Å². The van der Waals surface area contributed by atoms with E-state index in [1.165, 1.54) is 12.1 Å². The monoisotopic (exact) mass is 476 g/mol. The molecule has 1 aliphatic carbocycles. The fraction of sp³-hybridized carbons (Fsp3) is 0.333. The molecule has 1 N–H and O–H groups in total. The molecule has 2 aliphatic rings. The fourth-order valence-corrected chi connectivity index (χ4v) is 4.85. The highest BCUT2D eigenvalue weighted by molar-refractivity contribution is 6.04. The average Bonchev–Trinajstić information content (AvgIpc) is 2.86. The molecule has 2 aromatic rings. The SMILES string of the molecule is CCCOC(=O)C1=C(C)NC2=C(C(=O)CC(c3ccc(OC)cc3)C2)C1c1cccc([N+](=O)[O-])c1. The molecule has 0 fully saturated rings. The van der Waals surface area contributed by atoms with E-state index in [1.807, 2.05) is 31.2 Å². The molecule has 1 heterocycles. The van der Waals surface area contributed by atoms with Crippen LogP contribution < -0.4 is 10.1 Å². The molecule has 182 valence electrons. The Kier molecular flexibility index (Phi) is 7.00. The van der Waals surface area contributed by atoms with Gasteiger partial charge in [0.05, 0.1) is 24.2 Å². The summed E-state index contributed by atoms with van der Waals surface area (Å²) in [5.41, 5.74) is 3.56. The number of carbonyl (C=O) groups is 2. The van der Waals surface area contributed by atoms with E-state index in [9.17, 15) is 19.7 Å². The maximum Gasteiger partial charge on any atom is 0.336 e. The predicted octanol–water partition coefficient (Wildman–Crippen LogP) is 4.92. The van der Waals surface area contributed by atoms with Crippen molar-refractivity contribution in [2.45, 2.75) is 44.9 Å². The lowest BCUT2D eigenvalue weighted by molar-refractivity contribution is -0.384. The number of nitro benzene ring substituents is 1. The van der Waals surface area contributed by atoms with Crippen LogP contribution >= 0.6 is 0 Å². The first-order chi connectivity index (χ1) is 16.8. The van der Waals surface area contributed by atoms with Crippen molar-refractivity contribution < 1.29 is 24.0 Å². The smallest absolute Gasteiger partial charge is 0.336 e. The Morgan fingerprint density at radius 3 is 2.54 bits per heavy atom. The molecule has 2 aromatic carbocycles. The Morgan fingerprint density at radius 1 is 1.14 bits per heavy atom. The molecule has 0 saturated carbocycles. The van der Waals surface area contributed by atoms with E-state index in [2.05, 4.69) is 5.32 Å². The van der Waals surface area contributed by atoms with Crippen molar-refractivity contribution in [3.8, 4) is 5.75 Å². The largest absolute Gasteiger partial charge is 0.497 e. The van der Waals surface area contributed by atoms with Gasteiger partial charge in [0.15, 0.2) is 5.78 Å². The summed E-state index contributed by atoms with van der Waals surface area (Å²) in [6.07, 6.45) is 1.51. The number of nitrogens with zero attached hydrogens (tertiary/aromatic N) is 1. The molecular formula is C27H28N2O6. The summed E-state index contributed by atoms with van der Waals surface area (Å²) in [7, 11) is 1.61. The van der Waals surface area contributed by atoms with Gasteiger partial charge in [0.25, 0.3) is 5.69 Å². The number of hydrogen-bond donors (Lipinski definition) is 1. The van der Waals surface area contributed by atoms with E-state index in [0.29, 0.717) is 35.2 Å². The van der Waals surface area contributed by atoms with Crippen LogP contribution in [0.1, 0.15) is 56.1 Å². The van der Waals surface area contributed by atoms with Gasteiger partial charge in [-0.3, -0.25) is 14.9 Å². The van der Waals surface area contributed by atoms with Crippen molar-refractivity contribution in [2.24, 2.45) is 0 Å². The number of hydrogen-bond acceptors (Lipinski definition) is 7. The summed E-state index contributed by atoms with van der Waals surface area (Å²) in [5, 5.41) is 14.7. The maximum atomic E-state index is 13.6. The third-order valence-electron chi connectivity index (χ3n) is 6.49. The number of allylic oxidation sites excluding steroid dienone is 3. The van der Waals surface area contributed by atoms with Gasteiger partial charge in [-0.2, -0.15) is 0 Å². The van der Waals surface area contributed by atoms with Crippen LogP contribution in [0.2, 0.25) is 0 Å². The van der Waals surface area contributed by atoms with Crippen LogP contribution in [0, 0.1) is 10.1 Å². The molecule has 8 nitrogen and oxygen atoms in total. The maximum absolute atomic E-state index is 13.6. The minimum atomic E-state index is -0.736. The van der Waals surface area contributed by atoms with Gasteiger partial charge in [-0.05, 0) is 48.9 Å². The number of nitro groups is 1. The van der Waals surface area contributed by atoms with Gasteiger partial charge in [0.2, 0.25) is 0 Å². The number of ketones is 1. The second-order valence-electron chi connectivity index (χ2n) is 8.78. The molecule has 0 amide bonds. The Bertz CT molecular complexity index is 1230. The molecule has 35 heavy (non-hydrogen) atoms. The Labute approximate surface area is 203 Å². The number of methoxy groups -OCH3 is 1. The lowest BCUT2D eigenvalue weighted by Crippen LogP contribution is -2.36. The number of esters is 1. The van der Waals surface area contributed by atoms with E-state index in [-0.39, 0.29) is 30.4 Å². The van der Waals surface area contributed by atoms with E-state index in [0.717, 1.165) is 17.0 Å². The predicted molar refractivity (Wildman–Crippen MR) is 130 cm³/mol. The number of dihydropyridines is 1. The topological polar surface area (TPSA) is 108 Å². The van der Waals surface area contributed by atoms with E-state index in [4.69, 9.17) is 9.47 Å². The van der Waals surface area contributed by atoms with Gasteiger partial charge < -0.3 is 14.8 Å². The van der Waals surface area contributed by atoms with Crippen molar-refractivity contribution in [2.75, 3.05) is 13.7 Å². The molecule has 0 saturated heterocycles. The molecule has 4 rings (SSSR count). The van der Waals surface area contributed by atoms with Crippen molar-refractivity contribution in [3.63, 3.8) is 0 Å². The summed E-state index contributed by atoms with van der Waals surface area (Å²) >= 11 is 0. The molecule has 0 bridgehead atoms. The van der Waals surface area contributed by atoms with Gasteiger partial charge in [0.1, 0.15) is 5.75 Å². The van der Waals surface area contributed by atoms with Crippen LogP contribution in [-0.4, -0.2) is 30.4 Å². The van der Waals surface area contributed by atoms with Gasteiger partial charge in [-0.25, -0.2) is 4.79 Å². The summed E-state index contributed by atoms with van der Waals surface area (Å²) in [6, 6.07) is 13.8. The summed E-state index contributed by atoms with van der Waals surface area (Å²) in [5.74, 6) is -0.646. The molecule has 0 spiro atoms. The fourth-order valence-electron chi connectivity index (χ4n) is 4.85. The molecule has 0 aromatic heterocycles. The molecule has 8 heteroatoms. The van der Waals surface area contributed by atoms with Crippen LogP contribution in [0.15, 0.2) is 71.1 Å². The first-order valence-electron chi connectivity index (χ1n) is 11.6. The second-order valence-corrected chi connectivity index (χ2v) is 8.78. The average molecular weight is 477 g/mol. The van der Waals surface area contributed by atoms with Crippen LogP contribution in [0.5, 0.6) is 5.75 Å². The van der Waals surface area contributed by atoms with Crippen LogP contribution in [0.25, 0.3) is 0 Å². The molecular weight excluding hydrogens is 448 g/mol. The van der Waals surface area contributed by atoms with Crippen molar-refractivity contribution >= 4 is 17.4 Å². The lowest BCUT2D eigenvalue weighted by Gasteiger charge is -2.36. The third-order valence-corrected chi connectivity index (χ3v) is 6.49. The number of rotatable bonds is 7. The van der Waals surface area contributed by atoms with Crippen molar-refractivity contribution in [3.05, 3.63) is 92.3 Å². The molecule has 0 radical (unpaired) electrons. The number of nitrogens with one attached hydrogen (secondary N) is 1. The summed E-state index contributed by atoms with van der Waals surface area (Å²) in [4.78, 5) is 37.7.